The largest absolute Gasteiger partial charge is 0.472 e. The molecule has 0 radical (unpaired) electrons. The maximum absolute atomic E-state index is 12.9. The molecular weight excluding hydrogens is 976 g/mol. The number of phosphoric ester groups is 1. The van der Waals surface area contributed by atoms with E-state index in [1.165, 1.54) is 96.3 Å². The first-order chi connectivity index (χ1) is 37.2. The molecule has 0 amide bonds. The van der Waals surface area contributed by atoms with Crippen molar-refractivity contribution >= 4 is 25.7 Å². The van der Waals surface area contributed by atoms with Crippen LogP contribution in [0.2, 0.25) is 0 Å². The number of unbranched alkanes of at least 4 members (excludes halogenated alkanes) is 23. The van der Waals surface area contributed by atoms with E-state index in [-0.39, 0.29) is 25.9 Å². The van der Waals surface area contributed by atoms with Gasteiger partial charge in [-0.05, 0) is 83.5 Å². The number of hydrogen-bond donors (Lipinski definition) is 2. The molecule has 0 aliphatic carbocycles. The summed E-state index contributed by atoms with van der Waals surface area (Å²) in [5.74, 6) is -1.61. The number of esters is 3. The van der Waals surface area contributed by atoms with Gasteiger partial charge in [0.2, 0.25) is 0 Å². The van der Waals surface area contributed by atoms with Gasteiger partial charge in [0.05, 0.1) is 26.2 Å². The van der Waals surface area contributed by atoms with Gasteiger partial charge < -0.3 is 24.2 Å². The summed E-state index contributed by atoms with van der Waals surface area (Å²) >= 11 is 0. The van der Waals surface area contributed by atoms with Crippen LogP contribution in [0.3, 0.4) is 0 Å². The Balaban J connectivity index is 4.82. The maximum Gasteiger partial charge on any atom is 0.472 e. The van der Waals surface area contributed by atoms with Gasteiger partial charge in [0.1, 0.15) is 12.7 Å². The zero-order valence-corrected chi connectivity index (χ0v) is 49.1. The van der Waals surface area contributed by atoms with Crippen LogP contribution in [0.5, 0.6) is 0 Å². The van der Waals surface area contributed by atoms with E-state index in [2.05, 4.69) is 93.7 Å². The monoisotopic (exact) mass is 1080 g/mol. The molecule has 0 spiro atoms. The fourth-order valence-corrected chi connectivity index (χ4v) is 8.75. The van der Waals surface area contributed by atoms with Crippen LogP contribution in [-0.2, 0) is 42.2 Å². The normalized spacial score (nSPS) is 14.0. The van der Waals surface area contributed by atoms with E-state index in [0.717, 1.165) is 96.3 Å². The number of allylic oxidation sites excluding steroid dienone is 15. The molecule has 2 N–H and O–H groups in total. The highest BCUT2D eigenvalue weighted by molar-refractivity contribution is 7.47. The predicted octanol–water partition coefficient (Wildman–Crippen LogP) is 18.0. The predicted molar refractivity (Wildman–Crippen MR) is 316 cm³/mol. The van der Waals surface area contributed by atoms with Crippen molar-refractivity contribution in [1.82, 2.24) is 0 Å². The second kappa shape index (κ2) is 57.6. The molecule has 3 unspecified atom stereocenters. The highest BCUT2D eigenvalue weighted by Gasteiger charge is 2.28. The molecule has 0 aromatic carbocycles. The molecule has 0 aromatic heterocycles. The molecule has 0 saturated carbocycles. The van der Waals surface area contributed by atoms with Crippen molar-refractivity contribution in [2.75, 3.05) is 26.4 Å². The van der Waals surface area contributed by atoms with Crippen molar-refractivity contribution in [2.45, 2.75) is 264 Å². The molecule has 436 valence electrons. The van der Waals surface area contributed by atoms with Gasteiger partial charge in [0.25, 0.3) is 0 Å². The van der Waals surface area contributed by atoms with Crippen LogP contribution in [0.1, 0.15) is 252 Å². The van der Waals surface area contributed by atoms with Crippen molar-refractivity contribution in [1.29, 1.82) is 0 Å². The number of carbonyl (C=O) groups is 3. The summed E-state index contributed by atoms with van der Waals surface area (Å²) in [6, 6.07) is 0. The Labute approximate surface area is 463 Å². The standard InChI is InChI=1S/C64H109O11P/c1-4-7-10-13-16-19-22-25-28-29-30-31-34-37-40-43-46-49-52-55-64(68)75-61(57-71-62(66)53-50-47-44-41-38-35-32-26-23-20-17-14-11-8-5-2)59-73-76(69,70)72-58-60(56-65)74-63(67)54-51-48-45-42-39-36-33-27-24-21-18-15-12-9-6-3/h9,12,16,18-19,21,25,27-28,30-31,33,39,42,48,51,60-61,65H,4-8,10-11,13-15,17,20,22-24,26,29,32,34-38,40-41,43-47,49-50,52-59H2,1-3H3,(H,69,70)/b12-9-,19-16-,21-18-,28-25-,31-30-,33-27-,42-39-,51-48-. The van der Waals surface area contributed by atoms with E-state index in [1.807, 2.05) is 18.2 Å². The Morgan fingerprint density at radius 1 is 0.395 bits per heavy atom. The van der Waals surface area contributed by atoms with E-state index in [4.69, 9.17) is 23.3 Å². The number of aliphatic hydroxyl groups is 1. The van der Waals surface area contributed by atoms with E-state index in [0.29, 0.717) is 19.3 Å². The second-order valence-corrected chi connectivity index (χ2v) is 21.3. The lowest BCUT2D eigenvalue weighted by molar-refractivity contribution is -0.161. The Kier molecular flexibility index (Phi) is 54.8. The fraction of sp³-hybridized carbons (Fsp3) is 0.703. The van der Waals surface area contributed by atoms with Crippen LogP contribution in [0.25, 0.3) is 0 Å². The van der Waals surface area contributed by atoms with Crippen LogP contribution >= 0.6 is 7.82 Å². The van der Waals surface area contributed by atoms with E-state index in [1.54, 1.807) is 6.08 Å². The first-order valence-electron chi connectivity index (χ1n) is 30.1. The first-order valence-corrected chi connectivity index (χ1v) is 31.6. The minimum absolute atomic E-state index is 0.0587. The zero-order chi connectivity index (χ0) is 55.5. The molecule has 0 bridgehead atoms. The van der Waals surface area contributed by atoms with Crippen LogP contribution in [0.4, 0.5) is 0 Å². The lowest BCUT2D eigenvalue weighted by Gasteiger charge is -2.21. The van der Waals surface area contributed by atoms with Crippen LogP contribution in [0, 0.1) is 0 Å². The van der Waals surface area contributed by atoms with Gasteiger partial charge in [-0.2, -0.15) is 0 Å². The van der Waals surface area contributed by atoms with E-state index >= 15 is 0 Å². The summed E-state index contributed by atoms with van der Waals surface area (Å²) in [5, 5.41) is 9.80. The van der Waals surface area contributed by atoms with Gasteiger partial charge in [0.15, 0.2) is 6.10 Å². The maximum atomic E-state index is 12.9. The van der Waals surface area contributed by atoms with Crippen molar-refractivity contribution in [3.05, 3.63) is 97.2 Å². The average molecular weight is 1090 g/mol. The number of phosphoric acid groups is 1. The molecule has 0 aliphatic rings. The summed E-state index contributed by atoms with van der Waals surface area (Å²) in [7, 11) is -4.78. The lowest BCUT2D eigenvalue weighted by atomic mass is 10.0. The third kappa shape index (κ3) is 55.2. The Morgan fingerprint density at radius 2 is 0.737 bits per heavy atom. The van der Waals surface area contributed by atoms with Gasteiger partial charge in [-0.1, -0.05) is 246 Å². The number of hydrogen-bond acceptors (Lipinski definition) is 10. The van der Waals surface area contributed by atoms with Crippen molar-refractivity contribution < 1.29 is 52.2 Å². The highest BCUT2D eigenvalue weighted by Crippen LogP contribution is 2.43. The Hall–Kier alpha value is -3.60. The topological polar surface area (TPSA) is 155 Å². The van der Waals surface area contributed by atoms with Gasteiger partial charge in [-0.25, -0.2) is 4.57 Å². The van der Waals surface area contributed by atoms with Crippen LogP contribution in [-0.4, -0.2) is 66.5 Å². The summed E-state index contributed by atoms with van der Waals surface area (Å²) in [4.78, 5) is 48.6. The highest BCUT2D eigenvalue weighted by atomic mass is 31.2. The SMILES string of the molecule is CC/C=C\C/C=C\C/C=C\C/C=C\C/C=C\CC(=O)OC(CO)COP(=O)(O)OCC(COC(=O)CCCCCCCCCCCCCCCCC)OC(=O)CCCCCCCC/C=C\C/C=C\C/C=C\CCCCC. The molecule has 76 heavy (non-hydrogen) atoms. The summed E-state index contributed by atoms with van der Waals surface area (Å²) in [6.45, 7) is 4.40. The fourth-order valence-electron chi connectivity index (χ4n) is 7.97. The first kappa shape index (κ1) is 72.4. The molecule has 11 nitrogen and oxygen atoms in total. The Bertz CT molecular complexity index is 1640. The smallest absolute Gasteiger partial charge is 0.462 e. The summed E-state index contributed by atoms with van der Waals surface area (Å²) in [5.41, 5.74) is 0. The lowest BCUT2D eigenvalue weighted by Crippen LogP contribution is -2.30. The minimum Gasteiger partial charge on any atom is -0.462 e. The zero-order valence-electron chi connectivity index (χ0n) is 48.2. The van der Waals surface area contributed by atoms with Gasteiger partial charge in [0, 0.05) is 12.8 Å². The third-order valence-corrected chi connectivity index (χ3v) is 13.5. The minimum atomic E-state index is -4.78. The average Bonchev–Trinajstić information content (AvgIpc) is 3.41. The van der Waals surface area contributed by atoms with Crippen LogP contribution < -0.4 is 0 Å². The summed E-state index contributed by atoms with van der Waals surface area (Å²) in [6.07, 6.45) is 68.2. The molecule has 0 fully saturated rings. The van der Waals surface area contributed by atoms with Crippen LogP contribution in [0.15, 0.2) is 97.2 Å². The van der Waals surface area contributed by atoms with E-state index in [9.17, 15) is 28.9 Å². The van der Waals surface area contributed by atoms with Gasteiger partial charge in [-0.15, -0.1) is 0 Å². The third-order valence-electron chi connectivity index (χ3n) is 12.5. The molecule has 0 aromatic rings. The van der Waals surface area contributed by atoms with E-state index < -0.39 is 57.8 Å². The number of aliphatic hydroxyl groups excluding tert-OH is 1. The van der Waals surface area contributed by atoms with Crippen molar-refractivity contribution in [3.63, 3.8) is 0 Å². The molecule has 12 heteroatoms. The number of ether oxygens (including phenoxy) is 3. The van der Waals surface area contributed by atoms with Crippen molar-refractivity contribution in [2.24, 2.45) is 0 Å². The number of carbonyl (C=O) groups excluding carboxylic acids is 3. The molecule has 0 rings (SSSR count). The quantitative estimate of drug-likeness (QED) is 0.0197. The van der Waals surface area contributed by atoms with Crippen molar-refractivity contribution in [3.8, 4) is 0 Å². The second-order valence-electron chi connectivity index (χ2n) is 19.8. The Morgan fingerprint density at radius 3 is 1.18 bits per heavy atom. The molecule has 0 heterocycles. The number of rotatable bonds is 55. The molecular formula is C64H109O11P. The van der Waals surface area contributed by atoms with Gasteiger partial charge in [-0.3, -0.25) is 23.4 Å². The molecule has 3 atom stereocenters. The molecule has 0 aliphatic heterocycles. The van der Waals surface area contributed by atoms with Gasteiger partial charge >= 0.3 is 25.7 Å². The molecule has 0 saturated heterocycles. The summed E-state index contributed by atoms with van der Waals surface area (Å²) < 4.78 is 39.5.